The number of hydrogen-bond donors (Lipinski definition) is 1. The predicted molar refractivity (Wildman–Crippen MR) is 98.7 cm³/mol. The molecule has 4 nitrogen and oxygen atoms in total. The first kappa shape index (κ1) is 18.1. The maximum atomic E-state index is 13.6. The summed E-state index contributed by atoms with van der Waals surface area (Å²) in [6.07, 6.45) is 3.46. The molecule has 1 aromatic heterocycles. The number of halogens is 2. The molecular formula is C19H17F2N3OS. The molecule has 0 spiro atoms. The van der Waals surface area contributed by atoms with Gasteiger partial charge in [0.05, 0.1) is 11.4 Å². The highest BCUT2D eigenvalue weighted by molar-refractivity contribution is 7.99. The summed E-state index contributed by atoms with van der Waals surface area (Å²) in [5.41, 5.74) is 2.78. The van der Waals surface area contributed by atoms with Crippen LogP contribution in [0, 0.1) is 25.5 Å². The fourth-order valence-corrected chi connectivity index (χ4v) is 3.34. The Kier molecular flexibility index (Phi) is 5.37. The third-order valence-electron chi connectivity index (χ3n) is 3.78. The molecule has 0 bridgehead atoms. The van der Waals surface area contributed by atoms with Gasteiger partial charge in [-0.2, -0.15) is 0 Å². The Bertz CT molecular complexity index is 935. The van der Waals surface area contributed by atoms with Crippen LogP contribution in [0.4, 0.5) is 14.5 Å². The Morgan fingerprint density at radius 3 is 2.62 bits per heavy atom. The van der Waals surface area contributed by atoms with Crippen molar-refractivity contribution in [2.75, 3.05) is 11.1 Å². The third-order valence-corrected chi connectivity index (χ3v) is 4.75. The average Bonchev–Trinajstić information content (AvgIpc) is 3.05. The summed E-state index contributed by atoms with van der Waals surface area (Å²) < 4.78 is 29.1. The number of nitrogens with zero attached hydrogens (tertiary/aromatic N) is 2. The molecule has 1 heterocycles. The molecule has 3 aromatic rings. The zero-order valence-electron chi connectivity index (χ0n) is 14.3. The fraction of sp³-hybridized carbons (Fsp3) is 0.158. The lowest BCUT2D eigenvalue weighted by molar-refractivity contribution is -0.113. The molecule has 0 aliphatic carbocycles. The summed E-state index contributed by atoms with van der Waals surface area (Å²) in [7, 11) is 0. The van der Waals surface area contributed by atoms with Gasteiger partial charge in [0.25, 0.3) is 0 Å². The number of rotatable bonds is 5. The van der Waals surface area contributed by atoms with E-state index < -0.39 is 23.2 Å². The van der Waals surface area contributed by atoms with Gasteiger partial charge in [0.2, 0.25) is 5.91 Å². The minimum atomic E-state index is -0.805. The molecule has 0 aliphatic heterocycles. The van der Waals surface area contributed by atoms with E-state index in [2.05, 4.69) is 16.4 Å². The van der Waals surface area contributed by atoms with Gasteiger partial charge in [-0.3, -0.25) is 9.36 Å². The largest absolute Gasteiger partial charge is 0.320 e. The lowest BCUT2D eigenvalue weighted by Crippen LogP contribution is -2.16. The second-order valence-electron chi connectivity index (χ2n) is 5.80. The number of carbonyl (C=O) groups excluding carboxylic acids is 1. The molecule has 0 saturated heterocycles. The lowest BCUT2D eigenvalue weighted by atomic mass is 10.1. The second-order valence-corrected chi connectivity index (χ2v) is 6.75. The minimum Gasteiger partial charge on any atom is -0.320 e. The van der Waals surface area contributed by atoms with Crippen molar-refractivity contribution in [1.29, 1.82) is 0 Å². The Morgan fingerprint density at radius 1 is 1.19 bits per heavy atom. The van der Waals surface area contributed by atoms with Crippen LogP contribution >= 0.6 is 11.8 Å². The van der Waals surface area contributed by atoms with Crippen molar-refractivity contribution in [1.82, 2.24) is 9.55 Å². The molecule has 7 heteroatoms. The molecule has 2 aromatic carbocycles. The molecule has 1 N–H and O–H groups in total. The highest BCUT2D eigenvalue weighted by Gasteiger charge is 2.14. The number of carbonyl (C=O) groups is 1. The summed E-state index contributed by atoms with van der Waals surface area (Å²) in [4.78, 5) is 16.3. The quantitative estimate of drug-likeness (QED) is 0.670. The minimum absolute atomic E-state index is 0.0182. The number of hydrogen-bond acceptors (Lipinski definition) is 3. The number of thioether (sulfide) groups is 1. The summed E-state index contributed by atoms with van der Waals surface area (Å²) in [5, 5.41) is 2.90. The van der Waals surface area contributed by atoms with Crippen molar-refractivity contribution < 1.29 is 13.6 Å². The van der Waals surface area contributed by atoms with Crippen LogP contribution < -0.4 is 5.32 Å². The third kappa shape index (κ3) is 3.94. The molecule has 0 aliphatic rings. The van der Waals surface area contributed by atoms with Gasteiger partial charge < -0.3 is 5.32 Å². The zero-order chi connectivity index (χ0) is 18.7. The molecule has 134 valence electrons. The first-order valence-electron chi connectivity index (χ1n) is 7.93. The van der Waals surface area contributed by atoms with E-state index in [-0.39, 0.29) is 5.75 Å². The second kappa shape index (κ2) is 7.70. The number of benzene rings is 2. The van der Waals surface area contributed by atoms with Gasteiger partial charge >= 0.3 is 0 Å². The number of aryl methyl sites for hydroxylation is 2. The summed E-state index contributed by atoms with van der Waals surface area (Å²) in [6, 6.07) is 9.50. The lowest BCUT2D eigenvalue weighted by Gasteiger charge is -2.11. The van der Waals surface area contributed by atoms with Crippen LogP contribution in [-0.4, -0.2) is 21.2 Å². The Hall–Kier alpha value is -2.67. The Morgan fingerprint density at radius 2 is 1.92 bits per heavy atom. The van der Waals surface area contributed by atoms with Crippen LogP contribution in [0.25, 0.3) is 5.69 Å². The summed E-state index contributed by atoms with van der Waals surface area (Å²) >= 11 is 1.20. The maximum absolute atomic E-state index is 13.6. The van der Waals surface area contributed by atoms with Gasteiger partial charge in [-0.25, -0.2) is 13.8 Å². The van der Waals surface area contributed by atoms with E-state index in [0.29, 0.717) is 5.16 Å². The van der Waals surface area contributed by atoms with Crippen molar-refractivity contribution in [2.24, 2.45) is 0 Å². The topological polar surface area (TPSA) is 46.9 Å². The predicted octanol–water partition coefficient (Wildman–Crippen LogP) is 4.50. The summed E-state index contributed by atoms with van der Waals surface area (Å²) in [6.45, 7) is 4.02. The van der Waals surface area contributed by atoms with Gasteiger partial charge in [0.1, 0.15) is 17.3 Å². The van der Waals surface area contributed by atoms with Crippen LogP contribution in [0.1, 0.15) is 11.1 Å². The van der Waals surface area contributed by atoms with Gasteiger partial charge in [0.15, 0.2) is 5.16 Å². The van der Waals surface area contributed by atoms with Gasteiger partial charge in [-0.05, 0) is 37.6 Å². The Balaban J connectivity index is 1.71. The van der Waals surface area contributed by atoms with Crippen LogP contribution in [0.3, 0.4) is 0 Å². The smallest absolute Gasteiger partial charge is 0.235 e. The zero-order valence-corrected chi connectivity index (χ0v) is 15.1. The number of anilines is 1. The molecule has 0 atom stereocenters. The first-order chi connectivity index (χ1) is 12.5. The van der Waals surface area contributed by atoms with E-state index >= 15 is 0 Å². The van der Waals surface area contributed by atoms with Crippen molar-refractivity contribution in [3.63, 3.8) is 0 Å². The fourth-order valence-electron chi connectivity index (χ4n) is 2.58. The summed E-state index contributed by atoms with van der Waals surface area (Å²) in [5.74, 6) is -2.13. The van der Waals surface area contributed by atoms with Crippen molar-refractivity contribution >= 4 is 23.4 Å². The van der Waals surface area contributed by atoms with Crippen LogP contribution in [0.15, 0.2) is 53.9 Å². The molecule has 0 radical (unpaired) electrons. The number of aromatic nitrogens is 2. The highest BCUT2D eigenvalue weighted by atomic mass is 32.2. The molecule has 0 fully saturated rings. The standard InChI is InChI=1S/C19H17F2N3OS/c1-12-6-7-16(13(2)10-12)24-9-8-22-19(24)26-11-17(25)23-18-14(20)4-3-5-15(18)21/h3-10H,11H2,1-2H3,(H,23,25). The number of nitrogens with one attached hydrogen (secondary N) is 1. The van der Waals surface area contributed by atoms with Crippen molar-refractivity contribution in [3.8, 4) is 5.69 Å². The van der Waals surface area contributed by atoms with E-state index in [4.69, 9.17) is 0 Å². The van der Waals surface area contributed by atoms with Crippen molar-refractivity contribution in [2.45, 2.75) is 19.0 Å². The highest BCUT2D eigenvalue weighted by Crippen LogP contribution is 2.24. The van der Waals surface area contributed by atoms with E-state index in [1.54, 1.807) is 6.20 Å². The molecule has 0 saturated carbocycles. The molecule has 3 rings (SSSR count). The monoisotopic (exact) mass is 373 g/mol. The molecule has 0 unspecified atom stereocenters. The van der Waals surface area contributed by atoms with Crippen LogP contribution in [-0.2, 0) is 4.79 Å². The molecular weight excluding hydrogens is 356 g/mol. The van der Waals surface area contributed by atoms with Gasteiger partial charge in [0, 0.05) is 12.4 Å². The van der Waals surface area contributed by atoms with E-state index in [1.165, 1.54) is 17.8 Å². The van der Waals surface area contributed by atoms with Gasteiger partial charge in [-0.1, -0.05) is 35.5 Å². The van der Waals surface area contributed by atoms with E-state index in [0.717, 1.165) is 28.9 Å². The molecule has 1 amide bonds. The number of para-hydroxylation sites is 1. The van der Waals surface area contributed by atoms with E-state index in [1.807, 2.05) is 36.7 Å². The SMILES string of the molecule is Cc1ccc(-n2ccnc2SCC(=O)Nc2c(F)cccc2F)c(C)c1. The number of imidazole rings is 1. The van der Waals surface area contributed by atoms with Crippen LogP contribution in [0.5, 0.6) is 0 Å². The van der Waals surface area contributed by atoms with E-state index in [9.17, 15) is 13.6 Å². The molecule has 26 heavy (non-hydrogen) atoms. The average molecular weight is 373 g/mol. The number of amides is 1. The first-order valence-corrected chi connectivity index (χ1v) is 8.92. The van der Waals surface area contributed by atoms with Gasteiger partial charge in [-0.15, -0.1) is 0 Å². The normalized spacial score (nSPS) is 10.8. The Labute approximate surface area is 154 Å². The maximum Gasteiger partial charge on any atom is 0.235 e. The van der Waals surface area contributed by atoms with Crippen molar-refractivity contribution in [3.05, 3.63) is 71.6 Å². The van der Waals surface area contributed by atoms with Crippen LogP contribution in [0.2, 0.25) is 0 Å².